The summed E-state index contributed by atoms with van der Waals surface area (Å²) in [5.41, 5.74) is 0.756. The van der Waals surface area contributed by atoms with Gasteiger partial charge >= 0.3 is 0 Å². The third kappa shape index (κ3) is 4.50. The third-order valence-electron chi connectivity index (χ3n) is 2.91. The van der Waals surface area contributed by atoms with Crippen LogP contribution in [-0.4, -0.2) is 11.2 Å². The van der Waals surface area contributed by atoms with E-state index < -0.39 is 10.4 Å². The molecule has 0 aliphatic carbocycles. The van der Waals surface area contributed by atoms with Crippen molar-refractivity contribution in [1.82, 2.24) is 0 Å². The number of hydrogen-bond donors (Lipinski definition) is 1. The highest BCUT2D eigenvalue weighted by Gasteiger charge is 2.34. The lowest BCUT2D eigenvalue weighted by Crippen LogP contribution is -2.28. The number of benzene rings is 1. The molecule has 0 spiro atoms. The molecule has 0 amide bonds. The minimum atomic E-state index is -1.20. The molecule has 0 fully saturated rings. The summed E-state index contributed by atoms with van der Waals surface area (Å²) in [4.78, 5) is 0. The van der Waals surface area contributed by atoms with E-state index in [0.29, 0.717) is 6.42 Å². The summed E-state index contributed by atoms with van der Waals surface area (Å²) in [7, 11) is 0. The molecular weight excluding hydrogens is 255 g/mol. The molecule has 1 atom stereocenters. The molecule has 0 aliphatic heterocycles. The average molecular weight is 275 g/mol. The summed E-state index contributed by atoms with van der Waals surface area (Å²) in [6.45, 7) is 2.16. The highest BCUT2D eigenvalue weighted by molar-refractivity contribution is 6.48. The van der Waals surface area contributed by atoms with Crippen LogP contribution in [0.15, 0.2) is 30.3 Å². The highest BCUT2D eigenvalue weighted by Crippen LogP contribution is 2.39. The lowest BCUT2D eigenvalue weighted by molar-refractivity contribution is 0.142. The van der Waals surface area contributed by atoms with Gasteiger partial charge in [0, 0.05) is 0 Å². The molecule has 0 bridgehead atoms. The Labute approximate surface area is 114 Å². The maximum atomic E-state index is 10.1. The van der Waals surface area contributed by atoms with Gasteiger partial charge in [-0.15, -0.1) is 0 Å². The van der Waals surface area contributed by atoms with E-state index in [9.17, 15) is 5.11 Å². The van der Waals surface area contributed by atoms with Crippen molar-refractivity contribution in [2.45, 2.75) is 49.5 Å². The van der Waals surface area contributed by atoms with Crippen LogP contribution < -0.4 is 0 Å². The summed E-state index contributed by atoms with van der Waals surface area (Å²) in [6, 6.07) is 9.34. The van der Waals surface area contributed by atoms with Crippen LogP contribution in [0.2, 0.25) is 0 Å². The van der Waals surface area contributed by atoms with E-state index in [0.717, 1.165) is 18.4 Å². The van der Waals surface area contributed by atoms with Crippen LogP contribution in [0.3, 0.4) is 0 Å². The number of aliphatic hydroxyl groups excluding tert-OH is 1. The monoisotopic (exact) mass is 274 g/mol. The zero-order valence-corrected chi connectivity index (χ0v) is 11.7. The van der Waals surface area contributed by atoms with E-state index in [1.165, 1.54) is 12.8 Å². The normalized spacial score (nSPS) is 13.6. The molecule has 96 valence electrons. The quantitative estimate of drug-likeness (QED) is 0.567. The second-order valence-corrected chi connectivity index (χ2v) is 5.74. The Balaban J connectivity index is 2.52. The van der Waals surface area contributed by atoms with Crippen molar-refractivity contribution in [2.75, 3.05) is 0 Å². The molecule has 1 unspecified atom stereocenters. The molecular formula is C14H20Cl2O. The summed E-state index contributed by atoms with van der Waals surface area (Å²) in [5, 5.41) is 10.1. The molecule has 1 aromatic carbocycles. The maximum Gasteiger partial charge on any atom is 0.168 e. The van der Waals surface area contributed by atoms with Crippen molar-refractivity contribution in [3.8, 4) is 0 Å². The zero-order valence-electron chi connectivity index (χ0n) is 10.2. The first kappa shape index (κ1) is 14.8. The van der Waals surface area contributed by atoms with Crippen LogP contribution in [0.4, 0.5) is 0 Å². The number of halogens is 2. The van der Waals surface area contributed by atoms with E-state index >= 15 is 0 Å². The second kappa shape index (κ2) is 7.25. The van der Waals surface area contributed by atoms with Crippen LogP contribution in [0.5, 0.6) is 0 Å². The predicted molar refractivity (Wildman–Crippen MR) is 74.6 cm³/mol. The van der Waals surface area contributed by atoms with Gasteiger partial charge in [-0.3, -0.25) is 0 Å². The van der Waals surface area contributed by atoms with E-state index in [1.807, 2.05) is 30.3 Å². The molecule has 17 heavy (non-hydrogen) atoms. The van der Waals surface area contributed by atoms with Gasteiger partial charge in [0.2, 0.25) is 0 Å². The van der Waals surface area contributed by atoms with Gasteiger partial charge in [-0.25, -0.2) is 0 Å². The first-order valence-electron chi connectivity index (χ1n) is 6.20. The Kier molecular flexibility index (Phi) is 6.32. The molecule has 0 saturated carbocycles. The summed E-state index contributed by atoms with van der Waals surface area (Å²) in [5.74, 6) is 0. The first-order valence-corrected chi connectivity index (χ1v) is 6.96. The van der Waals surface area contributed by atoms with Gasteiger partial charge < -0.3 is 5.11 Å². The predicted octanol–water partition coefficient (Wildman–Crippen LogP) is 4.65. The van der Waals surface area contributed by atoms with Crippen LogP contribution >= 0.6 is 23.2 Å². The fourth-order valence-corrected chi connectivity index (χ4v) is 2.27. The number of hydrogen-bond acceptors (Lipinski definition) is 1. The zero-order chi connectivity index (χ0) is 12.7. The fourth-order valence-electron chi connectivity index (χ4n) is 1.80. The molecule has 1 nitrogen and oxygen atoms in total. The lowest BCUT2D eigenvalue weighted by Gasteiger charge is -2.26. The van der Waals surface area contributed by atoms with Gasteiger partial charge in [-0.05, 0) is 12.0 Å². The molecule has 3 heteroatoms. The second-order valence-electron chi connectivity index (χ2n) is 4.35. The van der Waals surface area contributed by atoms with Crippen molar-refractivity contribution < 1.29 is 5.11 Å². The smallest absolute Gasteiger partial charge is 0.168 e. The summed E-state index contributed by atoms with van der Waals surface area (Å²) < 4.78 is -1.20. The first-order chi connectivity index (χ1) is 8.09. The van der Waals surface area contributed by atoms with Gasteiger partial charge in [0.1, 0.15) is 0 Å². The third-order valence-corrected chi connectivity index (χ3v) is 3.85. The van der Waals surface area contributed by atoms with Crippen molar-refractivity contribution in [3.63, 3.8) is 0 Å². The highest BCUT2D eigenvalue weighted by atomic mass is 35.5. The molecule has 0 aliphatic rings. The Morgan fingerprint density at radius 2 is 1.76 bits per heavy atom. The van der Waals surface area contributed by atoms with Crippen molar-refractivity contribution >= 4 is 23.2 Å². The molecule has 1 aromatic rings. The Hall–Kier alpha value is -0.240. The average Bonchev–Trinajstić information content (AvgIpc) is 2.35. The molecule has 0 radical (unpaired) electrons. The number of unbranched alkanes of at least 4 members (excludes halogenated alkanes) is 3. The van der Waals surface area contributed by atoms with Crippen LogP contribution in [0.1, 0.15) is 44.6 Å². The number of alkyl halides is 2. The lowest BCUT2D eigenvalue weighted by atomic mass is 10.0. The van der Waals surface area contributed by atoms with Crippen LogP contribution in [0, 0.1) is 0 Å². The van der Waals surface area contributed by atoms with Gasteiger partial charge in [-0.2, -0.15) is 0 Å². The minimum absolute atomic E-state index is 0.641. The SMILES string of the molecule is CCCCCCC(O)C(Cl)(Cl)c1ccccc1. The molecule has 0 heterocycles. The molecule has 1 N–H and O–H groups in total. The van der Waals surface area contributed by atoms with E-state index in [-0.39, 0.29) is 0 Å². The molecule has 0 saturated heterocycles. The van der Waals surface area contributed by atoms with Crippen molar-refractivity contribution in [2.24, 2.45) is 0 Å². The molecule has 0 aromatic heterocycles. The summed E-state index contributed by atoms with van der Waals surface area (Å²) in [6.07, 6.45) is 4.37. The Morgan fingerprint density at radius 1 is 1.12 bits per heavy atom. The van der Waals surface area contributed by atoms with Crippen molar-refractivity contribution in [3.05, 3.63) is 35.9 Å². The summed E-state index contributed by atoms with van der Waals surface area (Å²) >= 11 is 12.5. The van der Waals surface area contributed by atoms with Gasteiger partial charge in [0.15, 0.2) is 4.33 Å². The maximum absolute atomic E-state index is 10.1. The van der Waals surface area contributed by atoms with Crippen molar-refractivity contribution in [1.29, 1.82) is 0 Å². The molecule has 1 rings (SSSR count). The Bertz CT molecular complexity index is 311. The largest absolute Gasteiger partial charge is 0.390 e. The minimum Gasteiger partial charge on any atom is -0.390 e. The van der Waals surface area contributed by atoms with Gasteiger partial charge in [0.25, 0.3) is 0 Å². The van der Waals surface area contributed by atoms with Crippen LogP contribution in [-0.2, 0) is 4.33 Å². The number of rotatable bonds is 7. The van der Waals surface area contributed by atoms with Gasteiger partial charge in [0.05, 0.1) is 6.10 Å². The number of aliphatic hydroxyl groups is 1. The van der Waals surface area contributed by atoms with Gasteiger partial charge in [-0.1, -0.05) is 86.1 Å². The standard InChI is InChI=1S/C14H20Cl2O/c1-2-3-4-8-11-13(17)14(15,16)12-9-6-5-7-10-12/h5-7,9-10,13,17H,2-4,8,11H2,1H3. The Morgan fingerprint density at radius 3 is 2.35 bits per heavy atom. The van der Waals surface area contributed by atoms with Crippen LogP contribution in [0.25, 0.3) is 0 Å². The topological polar surface area (TPSA) is 20.2 Å². The fraction of sp³-hybridized carbons (Fsp3) is 0.571. The van der Waals surface area contributed by atoms with E-state index in [4.69, 9.17) is 23.2 Å². The van der Waals surface area contributed by atoms with E-state index in [2.05, 4.69) is 6.92 Å². The van der Waals surface area contributed by atoms with E-state index in [1.54, 1.807) is 0 Å².